The Morgan fingerprint density at radius 3 is 2.42 bits per heavy atom. The fraction of sp³-hybridized carbons (Fsp3) is 0.476. The summed E-state index contributed by atoms with van der Waals surface area (Å²) in [5.74, 6) is -0.373. The second-order valence-electron chi connectivity index (χ2n) is 7.80. The summed E-state index contributed by atoms with van der Waals surface area (Å²) in [5, 5.41) is 5.19. The highest BCUT2D eigenvalue weighted by Gasteiger charge is 2.56. The molecule has 3 aliphatic rings. The van der Waals surface area contributed by atoms with Crippen LogP contribution in [-0.4, -0.2) is 55.4 Å². The minimum absolute atomic E-state index is 0.0733. The first-order valence-electron chi connectivity index (χ1n) is 10.2. The van der Waals surface area contributed by atoms with E-state index in [9.17, 15) is 14.4 Å². The second kappa shape index (κ2) is 9.15. The average molecular weight is 572 g/mol. The molecule has 31 heavy (non-hydrogen) atoms. The van der Waals surface area contributed by atoms with Gasteiger partial charge in [0, 0.05) is 25.3 Å². The number of alkyl halides is 2. The van der Waals surface area contributed by atoms with Crippen LogP contribution in [0.2, 0.25) is 0 Å². The predicted octanol–water partition coefficient (Wildman–Crippen LogP) is 2.86. The van der Waals surface area contributed by atoms with Crippen LogP contribution in [0.5, 0.6) is 0 Å². The Balaban J connectivity index is 1.59. The van der Waals surface area contributed by atoms with E-state index in [4.69, 9.17) is 0 Å². The highest BCUT2D eigenvalue weighted by Crippen LogP contribution is 2.47. The quantitative estimate of drug-likeness (QED) is 0.531. The molecule has 0 bridgehead atoms. The Morgan fingerprint density at radius 2 is 1.77 bits per heavy atom. The van der Waals surface area contributed by atoms with Gasteiger partial charge in [0.15, 0.2) is 0 Å². The molecule has 4 rings (SSSR count). The second-order valence-corrected chi connectivity index (χ2v) is 11.2. The number of carbonyl (C=O) groups excluding carboxylic acids is 3. The summed E-state index contributed by atoms with van der Waals surface area (Å²) in [7, 11) is 0. The number of carbonyl (C=O) groups is 3. The van der Waals surface area contributed by atoms with Crippen LogP contribution in [-0.2, 0) is 20.9 Å². The van der Waals surface area contributed by atoms with E-state index in [1.54, 1.807) is 9.80 Å². The molecule has 2 fully saturated rings. The lowest BCUT2D eigenvalue weighted by Crippen LogP contribution is -2.68. The van der Waals surface area contributed by atoms with Crippen molar-refractivity contribution in [3.05, 3.63) is 46.5 Å². The minimum atomic E-state index is -1.13. The van der Waals surface area contributed by atoms with Crippen molar-refractivity contribution in [2.75, 3.05) is 13.1 Å². The third-order valence-electron chi connectivity index (χ3n) is 5.68. The molecule has 3 unspecified atom stereocenters. The lowest BCUT2D eigenvalue weighted by atomic mass is 10.1. The third kappa shape index (κ3) is 4.26. The van der Waals surface area contributed by atoms with Crippen molar-refractivity contribution >= 4 is 61.3 Å². The van der Waals surface area contributed by atoms with Gasteiger partial charge in [-0.1, -0.05) is 62.2 Å². The number of nitrogens with one attached hydrogen (secondary N) is 2. The zero-order chi connectivity index (χ0) is 22.2. The predicted molar refractivity (Wildman–Crippen MR) is 127 cm³/mol. The van der Waals surface area contributed by atoms with Crippen molar-refractivity contribution in [3.8, 4) is 0 Å². The molecule has 0 spiro atoms. The highest BCUT2D eigenvalue weighted by molar-refractivity contribution is 9.10. The molecule has 0 aromatic heterocycles. The summed E-state index contributed by atoms with van der Waals surface area (Å²) in [6, 6.07) is 9.69. The van der Waals surface area contributed by atoms with Crippen LogP contribution in [0.1, 0.15) is 31.7 Å². The van der Waals surface area contributed by atoms with Crippen LogP contribution in [0.3, 0.4) is 0 Å². The van der Waals surface area contributed by atoms with Gasteiger partial charge in [-0.3, -0.25) is 24.2 Å². The van der Waals surface area contributed by atoms with Crippen LogP contribution >= 0.6 is 43.6 Å². The van der Waals surface area contributed by atoms with Gasteiger partial charge in [-0.2, -0.15) is 0 Å². The lowest BCUT2D eigenvalue weighted by Gasteiger charge is -2.48. The molecule has 3 amide bonds. The summed E-state index contributed by atoms with van der Waals surface area (Å²) < 4.78 is 0. The average Bonchev–Trinajstić information content (AvgIpc) is 3.29. The number of amides is 3. The molecule has 1 aromatic rings. The zero-order valence-corrected chi connectivity index (χ0v) is 21.1. The summed E-state index contributed by atoms with van der Waals surface area (Å²) in [5.41, 5.74) is 1.66. The molecule has 1 aromatic carbocycles. The molecule has 3 atom stereocenters. The first kappa shape index (κ1) is 22.7. The molecule has 0 aliphatic carbocycles. The summed E-state index contributed by atoms with van der Waals surface area (Å²) in [4.78, 5) is 42.5. The van der Waals surface area contributed by atoms with Crippen molar-refractivity contribution in [2.45, 2.75) is 47.5 Å². The molecule has 0 saturated carbocycles. The minimum Gasteiger partial charge on any atom is -0.347 e. The molecule has 166 valence electrons. The molecule has 2 saturated heterocycles. The number of hydrogen-bond donors (Lipinski definition) is 2. The van der Waals surface area contributed by atoms with Crippen molar-refractivity contribution in [2.24, 2.45) is 0 Å². The van der Waals surface area contributed by atoms with E-state index in [1.165, 1.54) is 11.8 Å². The van der Waals surface area contributed by atoms with Gasteiger partial charge in [-0.15, -0.1) is 0 Å². The molecule has 3 aliphatic heterocycles. The molecule has 10 heteroatoms. The maximum atomic E-state index is 13.1. The SMILES string of the molecule is CC1=C(C(=O)NCc2ccccc2)SC(N2CCCC(Br)C2=O)(N2CCC(Br)C2=O)N1. The van der Waals surface area contributed by atoms with Gasteiger partial charge in [-0.25, -0.2) is 0 Å². The standard InChI is InChI=1S/C21H24Br2N4O3S/c1-13-17(18(28)24-12-14-6-3-2-4-7-14)31-21(25-13,27-11-9-16(23)20(27)30)26-10-5-8-15(22)19(26)29/h2-4,6-7,15-16,25H,5,8-12H2,1H3,(H,24,28). The van der Waals surface area contributed by atoms with Crippen LogP contribution in [0.25, 0.3) is 0 Å². The van der Waals surface area contributed by atoms with Crippen LogP contribution < -0.4 is 10.6 Å². The normalized spacial score (nSPS) is 28.9. The van der Waals surface area contributed by atoms with Gasteiger partial charge in [0.05, 0.1) is 14.6 Å². The molecular weight excluding hydrogens is 548 g/mol. The number of piperidine rings is 1. The molecular formula is C21H24Br2N4O3S. The number of allylic oxidation sites excluding steroid dienone is 1. The Morgan fingerprint density at radius 1 is 1.13 bits per heavy atom. The number of hydrogen-bond acceptors (Lipinski definition) is 5. The number of thioether (sulfide) groups is 1. The van der Waals surface area contributed by atoms with E-state index in [-0.39, 0.29) is 27.4 Å². The Hall–Kier alpha value is -1.52. The van der Waals surface area contributed by atoms with Gasteiger partial charge in [-0.05, 0) is 43.5 Å². The third-order valence-corrected chi connectivity index (χ3v) is 8.90. The Bertz CT molecular complexity index is 928. The van der Waals surface area contributed by atoms with E-state index in [2.05, 4.69) is 42.5 Å². The van der Waals surface area contributed by atoms with Crippen LogP contribution in [0, 0.1) is 0 Å². The number of likely N-dealkylation sites (tertiary alicyclic amines) is 2. The first-order chi connectivity index (χ1) is 14.8. The van der Waals surface area contributed by atoms with Gasteiger partial charge in [0.2, 0.25) is 16.9 Å². The van der Waals surface area contributed by atoms with E-state index < -0.39 is 5.12 Å². The molecule has 7 nitrogen and oxygen atoms in total. The summed E-state index contributed by atoms with van der Waals surface area (Å²) in [6.45, 7) is 3.24. The number of halogens is 2. The maximum absolute atomic E-state index is 13.1. The largest absolute Gasteiger partial charge is 0.347 e. The number of benzene rings is 1. The Labute approximate surface area is 202 Å². The van der Waals surface area contributed by atoms with Crippen molar-refractivity contribution in [1.29, 1.82) is 0 Å². The van der Waals surface area contributed by atoms with Gasteiger partial charge in [0.25, 0.3) is 5.91 Å². The van der Waals surface area contributed by atoms with Gasteiger partial charge < -0.3 is 10.6 Å². The molecule has 3 heterocycles. The van der Waals surface area contributed by atoms with E-state index in [0.717, 1.165) is 18.4 Å². The van der Waals surface area contributed by atoms with E-state index >= 15 is 0 Å². The first-order valence-corrected chi connectivity index (χ1v) is 12.9. The molecule has 2 N–H and O–H groups in total. The number of nitrogens with zero attached hydrogens (tertiary/aromatic N) is 2. The van der Waals surface area contributed by atoms with E-state index in [0.29, 0.717) is 36.7 Å². The van der Waals surface area contributed by atoms with E-state index in [1.807, 2.05) is 37.3 Å². The monoisotopic (exact) mass is 570 g/mol. The summed E-state index contributed by atoms with van der Waals surface area (Å²) >= 11 is 8.17. The number of rotatable bonds is 5. The topological polar surface area (TPSA) is 81.8 Å². The zero-order valence-electron chi connectivity index (χ0n) is 17.1. The Kier molecular flexibility index (Phi) is 6.69. The maximum Gasteiger partial charge on any atom is 0.259 e. The smallest absolute Gasteiger partial charge is 0.259 e. The fourth-order valence-electron chi connectivity index (χ4n) is 4.09. The summed E-state index contributed by atoms with van der Waals surface area (Å²) in [6.07, 6.45) is 2.22. The van der Waals surface area contributed by atoms with Crippen molar-refractivity contribution in [1.82, 2.24) is 20.4 Å². The van der Waals surface area contributed by atoms with Gasteiger partial charge in [0.1, 0.15) is 0 Å². The van der Waals surface area contributed by atoms with Crippen molar-refractivity contribution < 1.29 is 14.4 Å². The lowest BCUT2D eigenvalue weighted by molar-refractivity contribution is -0.149. The van der Waals surface area contributed by atoms with Crippen molar-refractivity contribution in [3.63, 3.8) is 0 Å². The highest BCUT2D eigenvalue weighted by atomic mass is 79.9. The van der Waals surface area contributed by atoms with Gasteiger partial charge >= 0.3 is 0 Å². The van der Waals surface area contributed by atoms with Crippen LogP contribution in [0.15, 0.2) is 40.9 Å². The fourth-order valence-corrected chi connectivity index (χ4v) is 6.55. The van der Waals surface area contributed by atoms with Crippen LogP contribution in [0.4, 0.5) is 0 Å². The molecule has 0 radical (unpaired) electrons.